The molecule has 8 heteroatoms. The zero-order valence-corrected chi connectivity index (χ0v) is 22.7. The van der Waals surface area contributed by atoms with E-state index in [1.165, 1.54) is 4.88 Å². The van der Waals surface area contributed by atoms with Gasteiger partial charge in [-0.2, -0.15) is 11.8 Å². The molecule has 2 fully saturated rings. The number of aliphatic hydroxyl groups excluding tert-OH is 1. The summed E-state index contributed by atoms with van der Waals surface area (Å²) >= 11 is 3.69. The average Bonchev–Trinajstić information content (AvgIpc) is 3.27. The van der Waals surface area contributed by atoms with Crippen LogP contribution in [0.3, 0.4) is 0 Å². The maximum atomic E-state index is 13.3. The monoisotopic (exact) mass is 514 g/mol. The summed E-state index contributed by atoms with van der Waals surface area (Å²) in [6, 6.07) is 6.01. The van der Waals surface area contributed by atoms with Crippen molar-refractivity contribution in [2.45, 2.75) is 58.5 Å². The number of thioether (sulfide) groups is 1. The van der Waals surface area contributed by atoms with E-state index in [2.05, 4.69) is 30.2 Å². The van der Waals surface area contributed by atoms with Crippen LogP contribution in [0.4, 0.5) is 5.13 Å². The standard InChI is InChI=1S/C27H38N4O2S2/c1-17(25(33)31-12-14-34-15-13-31)20-7-9-27(3)16-21-23(18(2)22(27)24(20)32)30-26(35-21)29-11-8-19-6-4-5-10-28-19/h4-6,10,17-18,20,22,24,32H,7-9,11-16H2,1-3H3,(H,29,30)/t17-,18+,20+,22+,24-,27+/m0/s1. The van der Waals surface area contributed by atoms with Crippen molar-refractivity contribution in [3.8, 4) is 0 Å². The summed E-state index contributed by atoms with van der Waals surface area (Å²) in [6.45, 7) is 9.11. The topological polar surface area (TPSA) is 78.4 Å². The molecule has 0 spiro atoms. The maximum Gasteiger partial charge on any atom is 0.225 e. The Kier molecular flexibility index (Phi) is 7.43. The van der Waals surface area contributed by atoms with E-state index >= 15 is 0 Å². The Labute approximate surface area is 217 Å². The van der Waals surface area contributed by atoms with Crippen molar-refractivity contribution in [3.63, 3.8) is 0 Å². The number of rotatable bonds is 6. The van der Waals surface area contributed by atoms with Crippen LogP contribution in [0, 0.1) is 23.2 Å². The van der Waals surface area contributed by atoms with Crippen LogP contribution in [0.1, 0.15) is 55.8 Å². The molecular formula is C27H38N4O2S2. The van der Waals surface area contributed by atoms with Gasteiger partial charge in [0.2, 0.25) is 5.91 Å². The number of anilines is 1. The number of nitrogens with zero attached hydrogens (tertiary/aromatic N) is 3. The number of carbonyl (C=O) groups is 1. The number of pyridine rings is 1. The number of amides is 1. The molecule has 3 heterocycles. The fraction of sp³-hybridized carbons (Fsp3) is 0.667. The molecule has 0 radical (unpaired) electrons. The van der Waals surface area contributed by atoms with Gasteiger partial charge in [-0.3, -0.25) is 9.78 Å². The molecule has 35 heavy (non-hydrogen) atoms. The Morgan fingerprint density at radius 1 is 1.34 bits per heavy atom. The van der Waals surface area contributed by atoms with Crippen molar-refractivity contribution in [1.29, 1.82) is 0 Å². The molecule has 3 aliphatic rings. The molecule has 2 aliphatic carbocycles. The number of aromatic nitrogens is 2. The number of hydrogen-bond donors (Lipinski definition) is 2. The van der Waals surface area contributed by atoms with Gasteiger partial charge in [0.05, 0.1) is 11.8 Å². The van der Waals surface area contributed by atoms with Crippen molar-refractivity contribution >= 4 is 34.1 Å². The molecule has 2 aromatic rings. The summed E-state index contributed by atoms with van der Waals surface area (Å²) in [5.74, 6) is 2.47. The Bertz CT molecular complexity index is 1030. The zero-order valence-electron chi connectivity index (χ0n) is 21.1. The third kappa shape index (κ3) is 4.98. The minimum absolute atomic E-state index is 0.0220. The van der Waals surface area contributed by atoms with E-state index in [9.17, 15) is 9.90 Å². The average molecular weight is 515 g/mol. The molecule has 1 aliphatic heterocycles. The summed E-state index contributed by atoms with van der Waals surface area (Å²) < 4.78 is 0. The molecule has 0 aromatic carbocycles. The molecular weight excluding hydrogens is 476 g/mol. The van der Waals surface area contributed by atoms with E-state index in [0.717, 1.165) is 73.3 Å². The van der Waals surface area contributed by atoms with Gasteiger partial charge >= 0.3 is 0 Å². The highest BCUT2D eigenvalue weighted by Gasteiger charge is 2.54. The lowest BCUT2D eigenvalue weighted by molar-refractivity contribution is -0.144. The number of nitrogens with one attached hydrogen (secondary N) is 1. The first kappa shape index (κ1) is 25.0. The van der Waals surface area contributed by atoms with Crippen LogP contribution >= 0.6 is 23.1 Å². The van der Waals surface area contributed by atoms with Gasteiger partial charge in [0.25, 0.3) is 0 Å². The minimum Gasteiger partial charge on any atom is -0.392 e. The van der Waals surface area contributed by atoms with Crippen molar-refractivity contribution in [2.75, 3.05) is 36.5 Å². The summed E-state index contributed by atoms with van der Waals surface area (Å²) in [5, 5.41) is 16.2. The van der Waals surface area contributed by atoms with Crippen LogP contribution in [0.15, 0.2) is 24.4 Å². The fourth-order valence-electron chi connectivity index (χ4n) is 6.72. The van der Waals surface area contributed by atoms with Crippen molar-refractivity contribution in [1.82, 2.24) is 14.9 Å². The van der Waals surface area contributed by atoms with E-state index in [0.29, 0.717) is 0 Å². The predicted octanol–water partition coefficient (Wildman–Crippen LogP) is 4.46. The Hall–Kier alpha value is -1.64. The normalized spacial score (nSPS) is 31.4. The van der Waals surface area contributed by atoms with Gasteiger partial charge in [-0.15, -0.1) is 11.3 Å². The second-order valence-electron chi connectivity index (χ2n) is 10.9. The summed E-state index contributed by atoms with van der Waals surface area (Å²) in [6.07, 6.45) is 5.16. The Morgan fingerprint density at radius 2 is 2.14 bits per heavy atom. The fourth-order valence-corrected chi connectivity index (χ4v) is 8.91. The zero-order chi connectivity index (χ0) is 24.6. The molecule has 2 N–H and O–H groups in total. The molecule has 1 amide bonds. The van der Waals surface area contributed by atoms with Crippen LogP contribution in [0.5, 0.6) is 0 Å². The Balaban J connectivity index is 1.28. The highest BCUT2D eigenvalue weighted by atomic mass is 32.2. The SMILES string of the molecule is C[C@H](C(=O)N1CCSCC1)[C@H]1CC[C@]2(C)Cc3sc(NCCc4ccccn4)nc3[C@H](C)[C@@H]2[C@H]1O. The molecule has 0 bridgehead atoms. The lowest BCUT2D eigenvalue weighted by Crippen LogP contribution is -2.54. The van der Waals surface area contributed by atoms with Crippen LogP contribution < -0.4 is 5.32 Å². The van der Waals surface area contributed by atoms with Crippen molar-refractivity contribution in [3.05, 3.63) is 40.7 Å². The van der Waals surface area contributed by atoms with Gasteiger partial charge in [-0.05, 0) is 48.6 Å². The Morgan fingerprint density at radius 3 is 2.89 bits per heavy atom. The molecule has 0 unspecified atom stereocenters. The van der Waals surface area contributed by atoms with Gasteiger partial charge < -0.3 is 15.3 Å². The lowest BCUT2D eigenvalue weighted by Gasteiger charge is -2.53. The van der Waals surface area contributed by atoms with E-state index in [-0.39, 0.29) is 35.0 Å². The highest BCUT2D eigenvalue weighted by Crippen LogP contribution is 2.57. The van der Waals surface area contributed by atoms with E-state index < -0.39 is 6.10 Å². The minimum atomic E-state index is -0.475. The van der Waals surface area contributed by atoms with Gasteiger partial charge in [0.1, 0.15) is 0 Å². The first-order chi connectivity index (χ1) is 16.9. The lowest BCUT2D eigenvalue weighted by atomic mass is 9.53. The number of aliphatic hydroxyl groups is 1. The van der Waals surface area contributed by atoms with Crippen molar-refractivity contribution < 1.29 is 9.90 Å². The smallest absolute Gasteiger partial charge is 0.225 e. The molecule has 5 rings (SSSR count). The molecule has 190 valence electrons. The van der Waals surface area contributed by atoms with E-state index in [4.69, 9.17) is 4.98 Å². The third-order valence-corrected chi connectivity index (χ3v) is 10.6. The summed E-state index contributed by atoms with van der Waals surface area (Å²) in [4.78, 5) is 26.0. The third-order valence-electron chi connectivity index (χ3n) is 8.66. The second kappa shape index (κ2) is 10.4. The number of thiazole rings is 1. The largest absolute Gasteiger partial charge is 0.392 e. The first-order valence-electron chi connectivity index (χ1n) is 13.1. The van der Waals surface area contributed by atoms with E-state index in [1.807, 2.05) is 41.9 Å². The predicted molar refractivity (Wildman–Crippen MR) is 144 cm³/mol. The number of fused-ring (bicyclic) bond motifs is 2. The van der Waals surface area contributed by atoms with Gasteiger partial charge in [0.15, 0.2) is 5.13 Å². The second-order valence-corrected chi connectivity index (χ2v) is 13.2. The molecule has 1 saturated carbocycles. The van der Waals surface area contributed by atoms with Crippen molar-refractivity contribution in [2.24, 2.45) is 23.2 Å². The maximum absolute atomic E-state index is 13.3. The van der Waals surface area contributed by atoms with Gasteiger partial charge in [-0.1, -0.05) is 26.8 Å². The van der Waals surface area contributed by atoms with Crippen LogP contribution in [-0.4, -0.2) is 63.1 Å². The first-order valence-corrected chi connectivity index (χ1v) is 15.0. The van der Waals surface area contributed by atoms with Gasteiger partial charge in [0, 0.05) is 66.2 Å². The van der Waals surface area contributed by atoms with Gasteiger partial charge in [-0.25, -0.2) is 4.98 Å². The van der Waals surface area contributed by atoms with Crippen LogP contribution in [0.25, 0.3) is 0 Å². The molecule has 2 aromatic heterocycles. The molecule has 1 saturated heterocycles. The quantitative estimate of drug-likeness (QED) is 0.593. The highest BCUT2D eigenvalue weighted by molar-refractivity contribution is 7.99. The van der Waals surface area contributed by atoms with Crippen LogP contribution in [-0.2, 0) is 17.6 Å². The van der Waals surface area contributed by atoms with Crippen LogP contribution in [0.2, 0.25) is 0 Å². The van der Waals surface area contributed by atoms with E-state index in [1.54, 1.807) is 11.3 Å². The number of carbonyl (C=O) groups excluding carboxylic acids is 1. The summed E-state index contributed by atoms with van der Waals surface area (Å²) in [7, 11) is 0. The summed E-state index contributed by atoms with van der Waals surface area (Å²) in [5.41, 5.74) is 2.27. The molecule has 6 nitrogen and oxygen atoms in total. The molecule has 6 atom stereocenters. The number of hydrogen-bond acceptors (Lipinski definition) is 7.